The molecule has 0 atom stereocenters. The molecule has 11 heteroatoms. The van der Waals surface area contributed by atoms with Crippen LogP contribution in [-0.2, 0) is 14.8 Å². The largest absolute Gasteiger partial charge is 0.493 e. The molecule has 1 saturated carbocycles. The minimum Gasteiger partial charge on any atom is -0.493 e. The van der Waals surface area contributed by atoms with Crippen molar-refractivity contribution in [2.24, 2.45) is 11.7 Å². The lowest BCUT2D eigenvalue weighted by atomic mass is 9.82. The molecule has 0 amide bonds. The fraction of sp³-hybridized carbons (Fsp3) is 0.273. The third-order valence-corrected chi connectivity index (χ3v) is 6.93. The average molecular weight is 491 g/mol. The van der Waals surface area contributed by atoms with Crippen molar-refractivity contribution in [3.05, 3.63) is 65.4 Å². The fourth-order valence-electron chi connectivity index (χ4n) is 3.50. The lowest BCUT2D eigenvalue weighted by Crippen LogP contribution is -2.39. The molecule has 1 heterocycles. The first-order chi connectivity index (χ1) is 15.7. The van der Waals surface area contributed by atoms with E-state index in [1.807, 2.05) is 0 Å². The highest BCUT2D eigenvalue weighted by atomic mass is 35.5. The van der Waals surface area contributed by atoms with E-state index in [9.17, 15) is 13.2 Å². The summed E-state index contributed by atoms with van der Waals surface area (Å²) in [5.74, 6) is 0.118. The van der Waals surface area contributed by atoms with E-state index >= 15 is 0 Å². The van der Waals surface area contributed by atoms with Gasteiger partial charge in [0.1, 0.15) is 10.6 Å². The van der Waals surface area contributed by atoms with Crippen LogP contribution in [0.1, 0.15) is 23.2 Å². The van der Waals surface area contributed by atoms with Gasteiger partial charge in [0.25, 0.3) is 10.0 Å². The summed E-state index contributed by atoms with van der Waals surface area (Å²) in [4.78, 5) is 12.2. The molecule has 0 bridgehead atoms. The normalized spacial score (nSPS) is 17.8. The second kappa shape index (κ2) is 9.42. The summed E-state index contributed by atoms with van der Waals surface area (Å²) < 4.78 is 40.4. The van der Waals surface area contributed by atoms with Crippen LogP contribution in [0.5, 0.6) is 5.75 Å². The molecule has 4 rings (SSSR count). The van der Waals surface area contributed by atoms with Gasteiger partial charge in [0, 0.05) is 11.1 Å². The number of ether oxygens (including phenoxy) is 2. The van der Waals surface area contributed by atoms with Gasteiger partial charge in [-0.05, 0) is 61.2 Å². The van der Waals surface area contributed by atoms with Crippen molar-refractivity contribution in [3.63, 3.8) is 0 Å². The molecule has 0 spiro atoms. The van der Waals surface area contributed by atoms with Gasteiger partial charge in [0.05, 0.1) is 43.0 Å². The van der Waals surface area contributed by atoms with Crippen LogP contribution in [0.25, 0.3) is 5.69 Å². The Hall–Kier alpha value is -3.08. The third kappa shape index (κ3) is 5.29. The Bertz CT molecular complexity index is 1250. The van der Waals surface area contributed by atoms with E-state index in [1.54, 1.807) is 30.3 Å². The van der Waals surface area contributed by atoms with E-state index in [0.717, 1.165) is 12.8 Å². The first-order valence-corrected chi connectivity index (χ1v) is 12.1. The highest BCUT2D eigenvalue weighted by Crippen LogP contribution is 2.29. The molecule has 1 aliphatic carbocycles. The molecular formula is C22H23ClN4O5S. The Balaban J connectivity index is 1.54. The number of methoxy groups -OCH3 is 1. The lowest BCUT2D eigenvalue weighted by molar-refractivity contribution is 0.0601. The van der Waals surface area contributed by atoms with Crippen molar-refractivity contribution in [1.29, 1.82) is 0 Å². The zero-order valence-electron chi connectivity index (χ0n) is 17.8. The zero-order chi connectivity index (χ0) is 23.6. The SMILES string of the molecule is COC(=O)c1cc(OCC2CC(N)C2)ccc1NS(=O)(=O)c1cnn(-c2ccc(Cl)cc2)c1. The number of nitrogens with one attached hydrogen (secondary N) is 1. The first-order valence-electron chi connectivity index (χ1n) is 10.2. The molecule has 3 N–H and O–H groups in total. The number of rotatable bonds is 8. The van der Waals surface area contributed by atoms with Crippen LogP contribution in [0.15, 0.2) is 59.8 Å². The summed E-state index contributed by atoms with van der Waals surface area (Å²) in [5.41, 5.74) is 6.54. The minimum absolute atomic E-state index is 0.0361. The maximum Gasteiger partial charge on any atom is 0.340 e. The van der Waals surface area contributed by atoms with E-state index in [-0.39, 0.29) is 22.2 Å². The lowest BCUT2D eigenvalue weighted by Gasteiger charge is -2.32. The number of hydrogen-bond donors (Lipinski definition) is 2. The van der Waals surface area contributed by atoms with Crippen molar-refractivity contribution < 1.29 is 22.7 Å². The Labute approximate surface area is 196 Å². The summed E-state index contributed by atoms with van der Waals surface area (Å²) >= 11 is 5.89. The van der Waals surface area contributed by atoms with E-state index in [0.29, 0.717) is 29.0 Å². The van der Waals surface area contributed by atoms with Gasteiger partial charge in [0.2, 0.25) is 0 Å². The van der Waals surface area contributed by atoms with Crippen molar-refractivity contribution in [2.75, 3.05) is 18.4 Å². The molecule has 1 fully saturated rings. The van der Waals surface area contributed by atoms with Crippen LogP contribution in [0.2, 0.25) is 5.02 Å². The first kappa shape index (κ1) is 23.1. The van der Waals surface area contributed by atoms with Gasteiger partial charge in [-0.25, -0.2) is 17.9 Å². The Kier molecular flexibility index (Phi) is 6.59. The van der Waals surface area contributed by atoms with E-state index < -0.39 is 16.0 Å². The minimum atomic E-state index is -4.03. The van der Waals surface area contributed by atoms with Crippen LogP contribution < -0.4 is 15.2 Å². The van der Waals surface area contributed by atoms with Crippen LogP contribution in [-0.4, -0.2) is 43.9 Å². The number of anilines is 1. The molecule has 1 aliphatic rings. The Morgan fingerprint density at radius 3 is 2.64 bits per heavy atom. The summed E-state index contributed by atoms with van der Waals surface area (Å²) in [5, 5.41) is 4.66. The quantitative estimate of drug-likeness (QED) is 0.464. The molecule has 0 unspecified atom stereocenters. The molecule has 9 nitrogen and oxygen atoms in total. The summed E-state index contributed by atoms with van der Waals surface area (Å²) in [6, 6.07) is 11.5. The maximum atomic E-state index is 13.0. The Morgan fingerprint density at radius 2 is 1.97 bits per heavy atom. The van der Waals surface area contributed by atoms with Crippen LogP contribution in [0.3, 0.4) is 0 Å². The molecule has 0 saturated heterocycles. The fourth-order valence-corrected chi connectivity index (χ4v) is 4.64. The van der Waals surface area contributed by atoms with Crippen LogP contribution >= 0.6 is 11.6 Å². The number of hydrogen-bond acceptors (Lipinski definition) is 7. The highest BCUT2D eigenvalue weighted by Gasteiger charge is 2.27. The summed E-state index contributed by atoms with van der Waals surface area (Å²) in [7, 11) is -2.81. The van der Waals surface area contributed by atoms with Crippen molar-refractivity contribution >= 4 is 33.3 Å². The average Bonchev–Trinajstić information content (AvgIpc) is 3.28. The molecular weight excluding hydrogens is 468 g/mol. The van der Waals surface area contributed by atoms with Crippen molar-refractivity contribution in [3.8, 4) is 11.4 Å². The van der Waals surface area contributed by atoms with E-state index in [1.165, 1.54) is 36.3 Å². The van der Waals surface area contributed by atoms with E-state index in [2.05, 4.69) is 9.82 Å². The predicted molar refractivity (Wildman–Crippen MR) is 123 cm³/mol. The number of benzene rings is 2. The third-order valence-electron chi connectivity index (χ3n) is 5.36. The van der Waals surface area contributed by atoms with Gasteiger partial charge in [-0.3, -0.25) is 4.72 Å². The maximum absolute atomic E-state index is 13.0. The van der Waals surface area contributed by atoms with Crippen LogP contribution in [0, 0.1) is 5.92 Å². The molecule has 0 radical (unpaired) electrons. The predicted octanol–water partition coefficient (Wildman–Crippen LogP) is 3.23. The number of nitrogens with two attached hydrogens (primary N) is 1. The second-order valence-corrected chi connectivity index (χ2v) is 9.93. The smallest absolute Gasteiger partial charge is 0.340 e. The molecule has 3 aromatic rings. The van der Waals surface area contributed by atoms with Gasteiger partial charge < -0.3 is 15.2 Å². The Morgan fingerprint density at radius 1 is 1.24 bits per heavy atom. The number of sulfonamides is 1. The molecule has 33 heavy (non-hydrogen) atoms. The molecule has 1 aromatic heterocycles. The molecule has 2 aromatic carbocycles. The highest BCUT2D eigenvalue weighted by molar-refractivity contribution is 7.92. The summed E-state index contributed by atoms with van der Waals surface area (Å²) in [6.07, 6.45) is 4.37. The van der Waals surface area contributed by atoms with Crippen molar-refractivity contribution in [2.45, 2.75) is 23.8 Å². The van der Waals surface area contributed by atoms with Crippen LogP contribution in [0.4, 0.5) is 5.69 Å². The number of esters is 1. The van der Waals surface area contributed by atoms with Gasteiger partial charge in [-0.15, -0.1) is 0 Å². The summed E-state index contributed by atoms with van der Waals surface area (Å²) in [6.45, 7) is 0.475. The molecule has 0 aliphatic heterocycles. The van der Waals surface area contributed by atoms with Gasteiger partial charge in [0.15, 0.2) is 0 Å². The monoisotopic (exact) mass is 490 g/mol. The number of halogens is 1. The second-order valence-electron chi connectivity index (χ2n) is 7.81. The van der Waals surface area contributed by atoms with Gasteiger partial charge in [-0.2, -0.15) is 5.10 Å². The standard InChI is InChI=1S/C22H23ClN4O5S/c1-31-22(28)20-10-18(32-13-14-8-16(24)9-14)6-7-21(20)26-33(29,30)19-11-25-27(12-19)17-4-2-15(23)3-5-17/h2-7,10-12,14,16,26H,8-9,13,24H2,1H3. The molecule has 174 valence electrons. The van der Waals surface area contributed by atoms with E-state index in [4.69, 9.17) is 26.8 Å². The van der Waals surface area contributed by atoms with Crippen molar-refractivity contribution in [1.82, 2.24) is 9.78 Å². The number of carbonyl (C=O) groups is 1. The number of aromatic nitrogens is 2. The number of nitrogens with zero attached hydrogens (tertiary/aromatic N) is 2. The van der Waals surface area contributed by atoms with Gasteiger partial charge >= 0.3 is 5.97 Å². The number of carbonyl (C=O) groups excluding carboxylic acids is 1. The zero-order valence-corrected chi connectivity index (χ0v) is 19.3. The topological polar surface area (TPSA) is 126 Å². The van der Waals surface area contributed by atoms with Gasteiger partial charge in [-0.1, -0.05) is 11.6 Å².